The monoisotopic (exact) mass is 534 g/mol. The first-order valence-electron chi connectivity index (χ1n) is 11.6. The van der Waals surface area contributed by atoms with Crippen molar-refractivity contribution < 1.29 is 37.3 Å². The van der Waals surface area contributed by atoms with Gasteiger partial charge in [0.25, 0.3) is 0 Å². The van der Waals surface area contributed by atoms with Gasteiger partial charge in [0.05, 0.1) is 12.1 Å². The molecule has 0 radical (unpaired) electrons. The number of pyridine rings is 2. The zero-order valence-electron chi connectivity index (χ0n) is 19.7. The third-order valence-electron chi connectivity index (χ3n) is 6.30. The van der Waals surface area contributed by atoms with Gasteiger partial charge in [0, 0.05) is 35.8 Å². The summed E-state index contributed by atoms with van der Waals surface area (Å²) < 4.78 is 63.7. The van der Waals surface area contributed by atoms with E-state index in [-0.39, 0.29) is 54.7 Å². The predicted molar refractivity (Wildman–Crippen MR) is 126 cm³/mol. The Morgan fingerprint density at radius 1 is 1.24 bits per heavy atom. The Morgan fingerprint density at radius 2 is 2.05 bits per heavy atom. The average Bonchev–Trinajstić information content (AvgIpc) is 3.54. The number of halogens is 4. The number of benzene rings is 1. The van der Waals surface area contributed by atoms with Gasteiger partial charge in [0.15, 0.2) is 29.1 Å². The Bertz CT molecular complexity index is 1490. The van der Waals surface area contributed by atoms with Gasteiger partial charge in [-0.1, -0.05) is 12.1 Å². The fraction of sp³-hybridized carbons (Fsp3) is 0.333. The van der Waals surface area contributed by atoms with Crippen molar-refractivity contribution in [2.45, 2.75) is 24.7 Å². The molecule has 0 spiro atoms. The molecular weight excluding hydrogens is 512 g/mol. The first-order valence-corrected chi connectivity index (χ1v) is 11.6. The maximum atomic E-state index is 14.3. The molecule has 0 saturated carbocycles. The molecule has 200 valence electrons. The molecule has 0 aliphatic carbocycles. The van der Waals surface area contributed by atoms with Crippen LogP contribution in [-0.2, 0) is 0 Å². The average molecular weight is 534 g/mol. The number of nitrogens with zero attached hydrogens (tertiary/aromatic N) is 5. The van der Waals surface area contributed by atoms with Crippen molar-refractivity contribution in [3.63, 3.8) is 0 Å². The lowest BCUT2D eigenvalue weighted by Crippen LogP contribution is -2.48. The van der Waals surface area contributed by atoms with E-state index in [1.807, 2.05) is 0 Å². The quantitative estimate of drug-likeness (QED) is 0.308. The highest BCUT2D eigenvalue weighted by molar-refractivity contribution is 5.82. The number of rotatable bonds is 7. The van der Waals surface area contributed by atoms with Crippen molar-refractivity contribution in [1.29, 1.82) is 0 Å². The van der Waals surface area contributed by atoms with E-state index in [4.69, 9.17) is 9.84 Å². The predicted octanol–water partition coefficient (Wildman–Crippen LogP) is 3.40. The Morgan fingerprint density at radius 3 is 2.74 bits per heavy atom. The van der Waals surface area contributed by atoms with Gasteiger partial charge in [-0.3, -0.25) is 9.30 Å². The van der Waals surface area contributed by atoms with Crippen molar-refractivity contribution in [1.82, 2.24) is 29.8 Å². The molecule has 5 rings (SSSR count). The lowest BCUT2D eigenvalue weighted by atomic mass is 10.0. The normalized spacial score (nSPS) is 16.7. The van der Waals surface area contributed by atoms with Crippen LogP contribution < -0.4 is 10.1 Å². The minimum absolute atomic E-state index is 0.108. The van der Waals surface area contributed by atoms with E-state index in [2.05, 4.69) is 20.5 Å². The molecule has 1 aliphatic rings. The van der Waals surface area contributed by atoms with Crippen LogP contribution in [0.15, 0.2) is 42.6 Å². The number of carbonyl (C=O) groups is 1. The second kappa shape index (κ2) is 10.0. The van der Waals surface area contributed by atoms with Gasteiger partial charge in [-0.15, -0.1) is 10.2 Å². The van der Waals surface area contributed by atoms with Gasteiger partial charge in [-0.25, -0.2) is 14.2 Å². The zero-order valence-corrected chi connectivity index (χ0v) is 19.7. The highest BCUT2D eigenvalue weighted by Crippen LogP contribution is 2.40. The van der Waals surface area contributed by atoms with Crippen LogP contribution in [0.1, 0.15) is 18.0 Å². The summed E-state index contributed by atoms with van der Waals surface area (Å²) in [7, 11) is 0. The molecule has 3 aromatic heterocycles. The molecule has 4 heterocycles. The number of carboxylic acid groups (broad SMARTS) is 1. The van der Waals surface area contributed by atoms with E-state index in [1.54, 1.807) is 6.07 Å². The minimum Gasteiger partial charge on any atom is -0.488 e. The van der Waals surface area contributed by atoms with Gasteiger partial charge in [-0.05, 0) is 31.2 Å². The first-order chi connectivity index (χ1) is 18.2. The Kier molecular flexibility index (Phi) is 6.75. The lowest BCUT2D eigenvalue weighted by Gasteiger charge is -2.35. The van der Waals surface area contributed by atoms with Gasteiger partial charge < -0.3 is 20.3 Å². The molecule has 1 unspecified atom stereocenters. The minimum atomic E-state index is -4.89. The molecule has 0 bridgehead atoms. The molecule has 38 heavy (non-hydrogen) atoms. The fourth-order valence-electron chi connectivity index (χ4n) is 4.62. The van der Waals surface area contributed by atoms with E-state index >= 15 is 0 Å². The number of ether oxygens (including phenoxy) is 1. The van der Waals surface area contributed by atoms with Crippen molar-refractivity contribution in [2.24, 2.45) is 0 Å². The first kappa shape index (κ1) is 25.6. The van der Waals surface area contributed by atoms with Crippen molar-refractivity contribution in [3.05, 3.63) is 54.0 Å². The van der Waals surface area contributed by atoms with E-state index in [9.17, 15) is 27.5 Å². The van der Waals surface area contributed by atoms with E-state index in [0.717, 1.165) is 6.20 Å². The number of hydrogen-bond donors (Lipinski definition) is 3. The van der Waals surface area contributed by atoms with Crippen LogP contribution in [0.2, 0.25) is 0 Å². The lowest BCUT2D eigenvalue weighted by molar-refractivity contribution is -0.185. The maximum Gasteiger partial charge on any atom is 0.413 e. The van der Waals surface area contributed by atoms with Crippen LogP contribution in [-0.4, -0.2) is 79.3 Å². The van der Waals surface area contributed by atoms with Crippen LogP contribution in [0, 0.1) is 5.82 Å². The van der Waals surface area contributed by atoms with Crippen molar-refractivity contribution >= 4 is 22.6 Å². The third-order valence-corrected chi connectivity index (χ3v) is 6.30. The van der Waals surface area contributed by atoms with Crippen molar-refractivity contribution in [3.8, 4) is 17.3 Å². The highest BCUT2D eigenvalue weighted by atomic mass is 19.4. The number of alkyl halides is 3. The third kappa shape index (κ3) is 4.79. The second-order valence-electron chi connectivity index (χ2n) is 8.74. The summed E-state index contributed by atoms with van der Waals surface area (Å²) >= 11 is 0. The number of aromatic nitrogens is 4. The number of fused-ring (bicyclic) bond motifs is 2. The molecule has 3 N–H and O–H groups in total. The molecule has 1 fully saturated rings. The maximum absolute atomic E-state index is 14.3. The molecule has 10 nitrogen and oxygen atoms in total. The summed E-state index contributed by atoms with van der Waals surface area (Å²) in [6.07, 6.45) is -5.15. The summed E-state index contributed by atoms with van der Waals surface area (Å²) in [5.41, 5.74) is 0.481. The zero-order chi connectivity index (χ0) is 27.0. The van der Waals surface area contributed by atoms with E-state index < -0.39 is 30.2 Å². The van der Waals surface area contributed by atoms with Gasteiger partial charge >= 0.3 is 12.3 Å². The number of aliphatic hydroxyl groups excluding tert-OH is 1. The Balaban J connectivity index is 1.59. The number of nitrogens with one attached hydrogen (secondary N) is 1. The van der Waals surface area contributed by atoms with Crippen LogP contribution in [0.25, 0.3) is 28.1 Å². The molecule has 2 atom stereocenters. The smallest absolute Gasteiger partial charge is 0.413 e. The SMILES string of the molecule is O=C(O)N(C1CCNC1)[C@H](c1ccc2nnc(-c3ccc4cc(F)c(OCCO)cc4n3)n2c1)C(F)(F)F. The Labute approximate surface area is 212 Å². The molecular formula is C24H22F4N6O4. The Hall–Kier alpha value is -4.04. The fourth-order valence-corrected chi connectivity index (χ4v) is 4.62. The van der Waals surface area contributed by atoms with Gasteiger partial charge in [0.2, 0.25) is 0 Å². The number of hydrogen-bond acceptors (Lipinski definition) is 7. The second-order valence-corrected chi connectivity index (χ2v) is 8.74. The molecule has 1 saturated heterocycles. The highest BCUT2D eigenvalue weighted by Gasteiger charge is 2.49. The van der Waals surface area contributed by atoms with E-state index in [1.165, 1.54) is 34.7 Å². The van der Waals surface area contributed by atoms with Crippen LogP contribution in [0.4, 0.5) is 22.4 Å². The molecule has 4 aromatic rings. The largest absolute Gasteiger partial charge is 0.488 e. The standard InChI is InChI=1S/C24H22F4N6O4/c25-16-9-13-1-3-17(30-18(13)10-19(16)38-8-7-35)22-32-31-20-4-2-14(12-33(20)22)21(24(26,27)28)34(23(36)37)15-5-6-29-11-15/h1-4,9-10,12,15,21,29,35H,5-8,11H2,(H,36,37)/t15?,21-/m1/s1. The van der Waals surface area contributed by atoms with Crippen LogP contribution in [0.5, 0.6) is 5.75 Å². The summed E-state index contributed by atoms with van der Waals surface area (Å²) in [5.74, 6) is -0.652. The summed E-state index contributed by atoms with van der Waals surface area (Å²) in [4.78, 5) is 16.9. The summed E-state index contributed by atoms with van der Waals surface area (Å²) in [6.45, 7) is 0.0986. The van der Waals surface area contributed by atoms with E-state index in [0.29, 0.717) is 22.3 Å². The molecule has 1 aliphatic heterocycles. The summed E-state index contributed by atoms with van der Waals surface area (Å²) in [5, 5.41) is 30.1. The topological polar surface area (TPSA) is 125 Å². The van der Waals surface area contributed by atoms with Gasteiger partial charge in [-0.2, -0.15) is 13.2 Å². The van der Waals surface area contributed by atoms with Crippen LogP contribution >= 0.6 is 0 Å². The number of amides is 1. The molecule has 1 amide bonds. The van der Waals surface area contributed by atoms with Gasteiger partial charge in [0.1, 0.15) is 12.3 Å². The molecule has 1 aromatic carbocycles. The van der Waals surface area contributed by atoms with Crippen molar-refractivity contribution in [2.75, 3.05) is 26.3 Å². The van der Waals surface area contributed by atoms with Crippen LogP contribution in [0.3, 0.4) is 0 Å². The molecule has 14 heteroatoms. The summed E-state index contributed by atoms with van der Waals surface area (Å²) in [6, 6.07) is 4.90. The number of aliphatic hydroxyl groups is 1.